The summed E-state index contributed by atoms with van der Waals surface area (Å²) >= 11 is 0. The van der Waals surface area contributed by atoms with Gasteiger partial charge in [-0.2, -0.15) is 0 Å². The Bertz CT molecular complexity index is 347. The molecule has 16 heavy (non-hydrogen) atoms. The molecule has 0 radical (unpaired) electrons. The smallest absolute Gasteiger partial charge is 0.127 e. The predicted octanol–water partition coefficient (Wildman–Crippen LogP) is 2.79. The molecule has 1 atom stereocenters. The van der Waals surface area contributed by atoms with Gasteiger partial charge in [0.25, 0.3) is 0 Å². The van der Waals surface area contributed by atoms with E-state index in [1.54, 1.807) is 0 Å². The maximum Gasteiger partial charge on any atom is 0.127 e. The molecule has 0 heterocycles. The molecule has 0 N–H and O–H groups in total. The third-order valence-electron chi connectivity index (χ3n) is 2.29. The highest BCUT2D eigenvalue weighted by atomic mass is 16.5. The van der Waals surface area contributed by atoms with Crippen molar-refractivity contribution in [2.45, 2.75) is 26.7 Å². The second-order valence-electron chi connectivity index (χ2n) is 3.49. The van der Waals surface area contributed by atoms with Gasteiger partial charge in [0, 0.05) is 17.5 Å². The van der Waals surface area contributed by atoms with Crippen LogP contribution in [0.3, 0.4) is 0 Å². The lowest BCUT2D eigenvalue weighted by molar-refractivity contribution is -0.108. The van der Waals surface area contributed by atoms with Crippen molar-refractivity contribution in [2.24, 2.45) is 0 Å². The first-order valence-corrected chi connectivity index (χ1v) is 5.57. The van der Waals surface area contributed by atoms with E-state index in [1.165, 1.54) is 0 Å². The van der Waals surface area contributed by atoms with E-state index in [9.17, 15) is 4.79 Å². The van der Waals surface area contributed by atoms with Crippen molar-refractivity contribution in [2.75, 3.05) is 13.2 Å². The van der Waals surface area contributed by atoms with Crippen molar-refractivity contribution >= 4 is 6.29 Å². The van der Waals surface area contributed by atoms with Crippen LogP contribution < -0.4 is 9.47 Å². The highest BCUT2D eigenvalue weighted by molar-refractivity contribution is 5.64. The van der Waals surface area contributed by atoms with Crippen molar-refractivity contribution in [1.29, 1.82) is 0 Å². The summed E-state index contributed by atoms with van der Waals surface area (Å²) in [6.45, 7) is 6.90. The molecule has 3 nitrogen and oxygen atoms in total. The molecule has 1 aromatic carbocycles. The quantitative estimate of drug-likeness (QED) is 0.694. The van der Waals surface area contributed by atoms with Crippen molar-refractivity contribution in [3.63, 3.8) is 0 Å². The fourth-order valence-electron chi connectivity index (χ4n) is 1.50. The minimum Gasteiger partial charge on any atom is -0.494 e. The number of carbonyl (C=O) groups excluding carboxylic acids is 1. The Hall–Kier alpha value is -1.51. The Morgan fingerprint density at radius 3 is 2.50 bits per heavy atom. The van der Waals surface area contributed by atoms with E-state index in [0.717, 1.165) is 23.3 Å². The van der Waals surface area contributed by atoms with Crippen molar-refractivity contribution in [3.8, 4) is 11.5 Å². The molecular weight excluding hydrogens is 204 g/mol. The Morgan fingerprint density at radius 2 is 1.94 bits per heavy atom. The summed E-state index contributed by atoms with van der Waals surface area (Å²) in [6.07, 6.45) is 0.915. The molecular formula is C13H18O3. The zero-order chi connectivity index (χ0) is 12.0. The van der Waals surface area contributed by atoms with Crippen LogP contribution in [-0.2, 0) is 4.79 Å². The molecule has 0 fully saturated rings. The molecule has 0 aliphatic rings. The fourth-order valence-corrected chi connectivity index (χ4v) is 1.50. The summed E-state index contributed by atoms with van der Waals surface area (Å²) in [5.41, 5.74) is 0.903. The first kappa shape index (κ1) is 12.6. The molecule has 0 spiro atoms. The Kier molecular flexibility index (Phi) is 4.83. The van der Waals surface area contributed by atoms with Gasteiger partial charge in [0.1, 0.15) is 17.8 Å². The zero-order valence-electron chi connectivity index (χ0n) is 10.0. The van der Waals surface area contributed by atoms with E-state index < -0.39 is 0 Å². The standard InChI is InChI=1S/C13H18O3/c1-4-15-11-6-7-12(10(3)9-14)13(8-11)16-5-2/h6-10H,4-5H2,1-3H3. The maximum atomic E-state index is 10.8. The van der Waals surface area contributed by atoms with Gasteiger partial charge in [-0.25, -0.2) is 0 Å². The lowest BCUT2D eigenvalue weighted by Gasteiger charge is -2.14. The van der Waals surface area contributed by atoms with Gasteiger partial charge in [-0.05, 0) is 19.9 Å². The molecule has 88 valence electrons. The molecule has 0 aliphatic carbocycles. The second-order valence-corrected chi connectivity index (χ2v) is 3.49. The number of aldehydes is 1. The van der Waals surface area contributed by atoms with Crippen LogP contribution >= 0.6 is 0 Å². The maximum absolute atomic E-state index is 10.8. The first-order valence-electron chi connectivity index (χ1n) is 5.57. The Balaban J connectivity index is 3.03. The van der Waals surface area contributed by atoms with E-state index in [4.69, 9.17) is 9.47 Å². The normalized spacial score (nSPS) is 11.9. The number of benzene rings is 1. The molecule has 1 unspecified atom stereocenters. The average Bonchev–Trinajstić information content (AvgIpc) is 2.29. The summed E-state index contributed by atoms with van der Waals surface area (Å²) in [5.74, 6) is 1.35. The van der Waals surface area contributed by atoms with Gasteiger partial charge < -0.3 is 14.3 Å². The fraction of sp³-hybridized carbons (Fsp3) is 0.462. The van der Waals surface area contributed by atoms with Crippen LogP contribution in [0.2, 0.25) is 0 Å². The third-order valence-corrected chi connectivity index (χ3v) is 2.29. The molecule has 0 saturated carbocycles. The molecule has 0 saturated heterocycles. The highest BCUT2D eigenvalue weighted by Gasteiger charge is 2.11. The van der Waals surface area contributed by atoms with Crippen molar-refractivity contribution in [1.82, 2.24) is 0 Å². The third kappa shape index (κ3) is 2.99. The highest BCUT2D eigenvalue weighted by Crippen LogP contribution is 2.29. The van der Waals surface area contributed by atoms with Gasteiger partial charge >= 0.3 is 0 Å². The summed E-state index contributed by atoms with van der Waals surface area (Å²) < 4.78 is 10.9. The van der Waals surface area contributed by atoms with Crippen LogP contribution in [0.15, 0.2) is 18.2 Å². The Labute approximate surface area is 96.4 Å². The van der Waals surface area contributed by atoms with E-state index in [0.29, 0.717) is 13.2 Å². The number of hydrogen-bond acceptors (Lipinski definition) is 3. The van der Waals surface area contributed by atoms with Gasteiger partial charge in [0.05, 0.1) is 13.2 Å². The van der Waals surface area contributed by atoms with Crippen molar-refractivity contribution < 1.29 is 14.3 Å². The summed E-state index contributed by atoms with van der Waals surface area (Å²) in [4.78, 5) is 10.8. The molecule has 0 aliphatic heterocycles. The molecule has 0 aromatic heterocycles. The van der Waals surface area contributed by atoms with Crippen LogP contribution in [0, 0.1) is 0 Å². The molecule has 1 rings (SSSR count). The van der Waals surface area contributed by atoms with E-state index in [2.05, 4.69) is 0 Å². The van der Waals surface area contributed by atoms with Crippen molar-refractivity contribution in [3.05, 3.63) is 23.8 Å². The van der Waals surface area contributed by atoms with E-state index >= 15 is 0 Å². The van der Waals surface area contributed by atoms with E-state index in [-0.39, 0.29) is 5.92 Å². The van der Waals surface area contributed by atoms with Gasteiger partial charge in [0.2, 0.25) is 0 Å². The first-order chi connectivity index (χ1) is 7.72. The van der Waals surface area contributed by atoms with Crippen LogP contribution in [0.1, 0.15) is 32.3 Å². The van der Waals surface area contributed by atoms with Gasteiger partial charge in [-0.1, -0.05) is 13.0 Å². The monoisotopic (exact) mass is 222 g/mol. The second kappa shape index (κ2) is 6.16. The SMILES string of the molecule is CCOc1ccc(C(C)C=O)c(OCC)c1. The predicted molar refractivity (Wildman–Crippen MR) is 63.3 cm³/mol. The van der Waals surface area contributed by atoms with Gasteiger partial charge in [0.15, 0.2) is 0 Å². The van der Waals surface area contributed by atoms with E-state index in [1.807, 2.05) is 39.0 Å². The zero-order valence-corrected chi connectivity index (χ0v) is 10.0. The minimum absolute atomic E-state index is 0.155. The molecule has 3 heteroatoms. The summed E-state index contributed by atoms with van der Waals surface area (Å²) in [7, 11) is 0. The lowest BCUT2D eigenvalue weighted by atomic mass is 10.0. The van der Waals surface area contributed by atoms with Crippen LogP contribution in [0.4, 0.5) is 0 Å². The topological polar surface area (TPSA) is 35.5 Å². The van der Waals surface area contributed by atoms with Gasteiger partial charge in [-0.15, -0.1) is 0 Å². The largest absolute Gasteiger partial charge is 0.494 e. The number of ether oxygens (including phenoxy) is 2. The summed E-state index contributed by atoms with van der Waals surface area (Å²) in [5, 5.41) is 0. The number of hydrogen-bond donors (Lipinski definition) is 0. The average molecular weight is 222 g/mol. The van der Waals surface area contributed by atoms with Crippen LogP contribution in [0.5, 0.6) is 11.5 Å². The Morgan fingerprint density at radius 1 is 1.25 bits per heavy atom. The molecule has 0 amide bonds. The lowest BCUT2D eigenvalue weighted by Crippen LogP contribution is -2.02. The minimum atomic E-state index is -0.155. The van der Waals surface area contributed by atoms with Gasteiger partial charge in [-0.3, -0.25) is 0 Å². The number of rotatable bonds is 6. The molecule has 1 aromatic rings. The van der Waals surface area contributed by atoms with Crippen LogP contribution in [-0.4, -0.2) is 19.5 Å². The molecule has 0 bridgehead atoms. The number of carbonyl (C=O) groups is 1. The van der Waals surface area contributed by atoms with Crippen LogP contribution in [0.25, 0.3) is 0 Å². The summed E-state index contributed by atoms with van der Waals surface area (Å²) in [6, 6.07) is 5.58.